The molecule has 0 aromatic rings. The molecule has 12 heavy (non-hydrogen) atoms. The highest BCUT2D eigenvalue weighted by Gasteiger charge is 1.83. The Morgan fingerprint density at radius 2 is 2.00 bits per heavy atom. The van der Waals surface area contributed by atoms with E-state index in [0.29, 0.717) is 0 Å². The number of hydrogen-bond acceptors (Lipinski definition) is 1. The lowest BCUT2D eigenvalue weighted by molar-refractivity contribution is 0.299. The monoisotopic (exact) mass is 166 g/mol. The molecule has 0 aromatic heterocycles. The fourth-order valence-electron chi connectivity index (χ4n) is 0.720. The van der Waals surface area contributed by atoms with Crippen LogP contribution in [0.25, 0.3) is 0 Å². The first-order chi connectivity index (χ1) is 5.70. The zero-order valence-corrected chi connectivity index (χ0v) is 8.17. The minimum atomic E-state index is 0.235. The SMILES string of the molecule is C/C=C(C)/C=C/C=C(/C)CCO. The second-order valence-electron chi connectivity index (χ2n) is 2.88. The molecule has 0 bridgehead atoms. The summed E-state index contributed by atoms with van der Waals surface area (Å²) in [5, 5.41) is 8.62. The third-order valence-corrected chi connectivity index (χ3v) is 1.70. The lowest BCUT2D eigenvalue weighted by Gasteiger charge is -1.93. The maximum Gasteiger partial charge on any atom is 0.0468 e. The van der Waals surface area contributed by atoms with E-state index in [1.54, 1.807) is 0 Å². The summed E-state index contributed by atoms with van der Waals surface area (Å²) in [6, 6.07) is 0. The van der Waals surface area contributed by atoms with Crippen molar-refractivity contribution in [3.8, 4) is 0 Å². The highest BCUT2D eigenvalue weighted by molar-refractivity contribution is 5.21. The summed E-state index contributed by atoms with van der Waals surface area (Å²) in [6.45, 7) is 6.33. The van der Waals surface area contributed by atoms with Crippen LogP contribution in [0.15, 0.2) is 35.5 Å². The summed E-state index contributed by atoms with van der Waals surface area (Å²) in [7, 11) is 0. The van der Waals surface area contributed by atoms with Gasteiger partial charge in [-0.1, -0.05) is 35.5 Å². The number of allylic oxidation sites excluding steroid dienone is 5. The zero-order valence-electron chi connectivity index (χ0n) is 8.17. The van der Waals surface area contributed by atoms with Gasteiger partial charge >= 0.3 is 0 Å². The van der Waals surface area contributed by atoms with Crippen LogP contribution in [0.2, 0.25) is 0 Å². The molecule has 0 unspecified atom stereocenters. The largest absolute Gasteiger partial charge is 0.396 e. The lowest BCUT2D eigenvalue weighted by Crippen LogP contribution is -1.82. The average Bonchev–Trinajstić information content (AvgIpc) is 2.04. The molecule has 68 valence electrons. The molecular weight excluding hydrogens is 148 g/mol. The fourth-order valence-corrected chi connectivity index (χ4v) is 0.720. The molecule has 0 saturated heterocycles. The molecular formula is C11H18O. The Morgan fingerprint density at radius 3 is 2.50 bits per heavy atom. The van der Waals surface area contributed by atoms with Gasteiger partial charge in [0.2, 0.25) is 0 Å². The Hall–Kier alpha value is -0.820. The Bertz CT molecular complexity index is 197. The Morgan fingerprint density at radius 1 is 1.33 bits per heavy atom. The fraction of sp³-hybridized carbons (Fsp3) is 0.455. The van der Waals surface area contributed by atoms with Gasteiger partial charge in [-0.05, 0) is 27.2 Å². The standard InChI is InChI=1S/C11H18O/c1-4-10(2)6-5-7-11(3)8-9-12/h4-7,12H,8-9H2,1-3H3/b6-5+,10-4+,11-7-. The number of hydrogen-bond donors (Lipinski definition) is 1. The van der Waals surface area contributed by atoms with Gasteiger partial charge in [0.15, 0.2) is 0 Å². The van der Waals surface area contributed by atoms with E-state index in [-0.39, 0.29) is 6.61 Å². The van der Waals surface area contributed by atoms with E-state index in [1.807, 2.05) is 26.0 Å². The quantitative estimate of drug-likeness (QED) is 0.637. The van der Waals surface area contributed by atoms with Crippen LogP contribution in [0, 0.1) is 0 Å². The van der Waals surface area contributed by atoms with Crippen LogP contribution >= 0.6 is 0 Å². The highest BCUT2D eigenvalue weighted by Crippen LogP contribution is 2.00. The first kappa shape index (κ1) is 11.2. The van der Waals surface area contributed by atoms with E-state index in [0.717, 1.165) is 6.42 Å². The van der Waals surface area contributed by atoms with Gasteiger partial charge in [0.1, 0.15) is 0 Å². The molecule has 0 radical (unpaired) electrons. The van der Waals surface area contributed by atoms with E-state index in [4.69, 9.17) is 5.11 Å². The molecule has 0 rings (SSSR count). The maximum absolute atomic E-state index is 8.62. The van der Waals surface area contributed by atoms with Crippen molar-refractivity contribution in [3.63, 3.8) is 0 Å². The van der Waals surface area contributed by atoms with Crippen molar-refractivity contribution < 1.29 is 5.11 Å². The van der Waals surface area contributed by atoms with Gasteiger partial charge in [0.25, 0.3) is 0 Å². The zero-order chi connectivity index (χ0) is 9.40. The number of aliphatic hydroxyl groups excluding tert-OH is 1. The molecule has 1 heteroatoms. The van der Waals surface area contributed by atoms with Crippen LogP contribution in [0.3, 0.4) is 0 Å². The third-order valence-electron chi connectivity index (χ3n) is 1.70. The van der Waals surface area contributed by atoms with Gasteiger partial charge < -0.3 is 5.11 Å². The molecule has 0 aliphatic heterocycles. The Labute approximate surface area is 75.1 Å². The summed E-state index contributed by atoms with van der Waals surface area (Å²) >= 11 is 0. The first-order valence-electron chi connectivity index (χ1n) is 4.28. The molecule has 0 atom stereocenters. The van der Waals surface area contributed by atoms with Gasteiger partial charge in [-0.3, -0.25) is 0 Å². The molecule has 0 heterocycles. The lowest BCUT2D eigenvalue weighted by atomic mass is 10.2. The minimum Gasteiger partial charge on any atom is -0.396 e. The molecule has 1 N–H and O–H groups in total. The van der Waals surface area contributed by atoms with Gasteiger partial charge in [-0.25, -0.2) is 0 Å². The van der Waals surface area contributed by atoms with Crippen molar-refractivity contribution >= 4 is 0 Å². The van der Waals surface area contributed by atoms with Crippen molar-refractivity contribution in [2.24, 2.45) is 0 Å². The first-order valence-corrected chi connectivity index (χ1v) is 4.28. The van der Waals surface area contributed by atoms with Crippen LogP contribution in [0.1, 0.15) is 27.2 Å². The molecule has 0 aromatic carbocycles. The number of aliphatic hydroxyl groups is 1. The summed E-state index contributed by atoms with van der Waals surface area (Å²) in [6.07, 6.45) is 8.93. The van der Waals surface area contributed by atoms with Crippen LogP contribution in [-0.2, 0) is 0 Å². The minimum absolute atomic E-state index is 0.235. The average molecular weight is 166 g/mol. The molecule has 1 nitrogen and oxygen atoms in total. The summed E-state index contributed by atoms with van der Waals surface area (Å²) in [4.78, 5) is 0. The van der Waals surface area contributed by atoms with Gasteiger partial charge in [-0.15, -0.1) is 0 Å². The summed E-state index contributed by atoms with van der Waals surface area (Å²) in [5.74, 6) is 0. The molecule has 0 saturated carbocycles. The normalized spacial score (nSPS) is 14.3. The predicted molar refractivity (Wildman–Crippen MR) is 54.0 cm³/mol. The van der Waals surface area contributed by atoms with Gasteiger partial charge in [0, 0.05) is 6.61 Å². The van der Waals surface area contributed by atoms with Crippen LogP contribution in [0.5, 0.6) is 0 Å². The van der Waals surface area contributed by atoms with E-state index < -0.39 is 0 Å². The molecule has 0 aliphatic carbocycles. The van der Waals surface area contributed by atoms with E-state index in [9.17, 15) is 0 Å². The van der Waals surface area contributed by atoms with Crippen molar-refractivity contribution in [1.29, 1.82) is 0 Å². The molecule has 0 spiro atoms. The van der Waals surface area contributed by atoms with E-state index in [2.05, 4.69) is 19.1 Å². The molecule has 0 fully saturated rings. The van der Waals surface area contributed by atoms with Crippen molar-refractivity contribution in [1.82, 2.24) is 0 Å². The van der Waals surface area contributed by atoms with E-state index >= 15 is 0 Å². The Balaban J connectivity index is 3.94. The van der Waals surface area contributed by atoms with Crippen LogP contribution in [-0.4, -0.2) is 11.7 Å². The Kier molecular flexibility index (Phi) is 6.39. The molecule has 0 amide bonds. The van der Waals surface area contributed by atoms with E-state index in [1.165, 1.54) is 11.1 Å². The van der Waals surface area contributed by atoms with Gasteiger partial charge in [0.05, 0.1) is 0 Å². The van der Waals surface area contributed by atoms with Crippen molar-refractivity contribution in [2.75, 3.05) is 6.61 Å². The smallest absolute Gasteiger partial charge is 0.0468 e. The maximum atomic E-state index is 8.62. The van der Waals surface area contributed by atoms with Crippen LogP contribution < -0.4 is 0 Å². The molecule has 0 aliphatic rings. The predicted octanol–water partition coefficient (Wildman–Crippen LogP) is 2.84. The number of rotatable bonds is 4. The third kappa shape index (κ3) is 5.93. The van der Waals surface area contributed by atoms with Gasteiger partial charge in [-0.2, -0.15) is 0 Å². The van der Waals surface area contributed by atoms with Crippen molar-refractivity contribution in [2.45, 2.75) is 27.2 Å². The summed E-state index contributed by atoms with van der Waals surface area (Å²) in [5.41, 5.74) is 2.46. The summed E-state index contributed by atoms with van der Waals surface area (Å²) < 4.78 is 0. The van der Waals surface area contributed by atoms with Crippen LogP contribution in [0.4, 0.5) is 0 Å². The second kappa shape index (κ2) is 6.86. The second-order valence-corrected chi connectivity index (χ2v) is 2.88. The highest BCUT2D eigenvalue weighted by atomic mass is 16.2. The topological polar surface area (TPSA) is 20.2 Å². The van der Waals surface area contributed by atoms with Crippen molar-refractivity contribution in [3.05, 3.63) is 35.5 Å².